The van der Waals surface area contributed by atoms with Crippen LogP contribution < -0.4 is 5.32 Å². The Bertz CT molecular complexity index is 1150. The Morgan fingerprint density at radius 2 is 1.56 bits per heavy atom. The summed E-state index contributed by atoms with van der Waals surface area (Å²) in [4.78, 5) is 28.5. The van der Waals surface area contributed by atoms with Crippen molar-refractivity contribution in [3.05, 3.63) is 105 Å². The average molecular weight is 544 g/mol. The Morgan fingerprint density at radius 3 is 2.17 bits per heavy atom. The zero-order valence-electron chi connectivity index (χ0n) is 20.9. The number of carbonyl (C=O) groups is 2. The molecule has 0 saturated carbocycles. The SMILES string of the molecule is CCNC(=O)[C@@H](Cc1ccccc1)N(Cc1c(Cl)cccc1Cl)C(=O)CSCc1cc(C)cc(C)c1. The lowest BCUT2D eigenvalue weighted by Gasteiger charge is -2.32. The molecule has 0 aliphatic heterocycles. The van der Waals surface area contributed by atoms with Gasteiger partial charge in [-0.2, -0.15) is 0 Å². The molecule has 0 unspecified atom stereocenters. The van der Waals surface area contributed by atoms with Gasteiger partial charge in [0.15, 0.2) is 0 Å². The maximum absolute atomic E-state index is 13.7. The molecule has 190 valence electrons. The van der Waals surface area contributed by atoms with Gasteiger partial charge >= 0.3 is 0 Å². The zero-order valence-corrected chi connectivity index (χ0v) is 23.2. The molecule has 7 heteroatoms. The van der Waals surface area contributed by atoms with Crippen molar-refractivity contribution in [1.82, 2.24) is 10.2 Å². The van der Waals surface area contributed by atoms with Crippen molar-refractivity contribution < 1.29 is 9.59 Å². The number of rotatable bonds is 11. The highest BCUT2D eigenvalue weighted by Crippen LogP contribution is 2.28. The van der Waals surface area contributed by atoms with Gasteiger partial charge < -0.3 is 10.2 Å². The largest absolute Gasteiger partial charge is 0.355 e. The Balaban J connectivity index is 1.88. The van der Waals surface area contributed by atoms with Crippen molar-refractivity contribution >= 4 is 46.8 Å². The first-order valence-electron chi connectivity index (χ1n) is 12.0. The van der Waals surface area contributed by atoms with Crippen LogP contribution in [0.5, 0.6) is 0 Å². The molecular formula is C29H32Cl2N2O2S. The van der Waals surface area contributed by atoms with Crippen LogP contribution in [-0.2, 0) is 28.3 Å². The molecule has 4 nitrogen and oxygen atoms in total. The van der Waals surface area contributed by atoms with E-state index in [2.05, 4.69) is 37.4 Å². The minimum absolute atomic E-state index is 0.132. The summed E-state index contributed by atoms with van der Waals surface area (Å²) >= 11 is 14.5. The standard InChI is InChI=1S/C29H32Cl2N2O2S/c1-4-32-29(35)27(16-22-9-6-5-7-10-22)33(17-24-25(30)11-8-12-26(24)31)28(34)19-36-18-23-14-20(2)13-21(3)15-23/h5-15,27H,4,16-19H2,1-3H3,(H,32,35)/t27-/m1/s1. The van der Waals surface area contributed by atoms with Gasteiger partial charge in [0.2, 0.25) is 11.8 Å². The van der Waals surface area contributed by atoms with Gasteiger partial charge in [-0.05, 0) is 44.0 Å². The zero-order chi connectivity index (χ0) is 26.1. The Labute approximate surface area is 228 Å². The number of likely N-dealkylation sites (N-methyl/N-ethyl adjacent to an activating group) is 1. The predicted molar refractivity (Wildman–Crippen MR) is 152 cm³/mol. The number of nitrogens with one attached hydrogen (secondary N) is 1. The summed E-state index contributed by atoms with van der Waals surface area (Å²) in [6, 6.07) is 20.7. The fraction of sp³-hybridized carbons (Fsp3) is 0.310. The number of benzene rings is 3. The van der Waals surface area contributed by atoms with Crippen LogP contribution >= 0.6 is 35.0 Å². The summed E-state index contributed by atoms with van der Waals surface area (Å²) in [5.41, 5.74) is 5.18. The van der Waals surface area contributed by atoms with Crippen LogP contribution in [0.2, 0.25) is 10.0 Å². The van der Waals surface area contributed by atoms with E-state index in [-0.39, 0.29) is 24.1 Å². The van der Waals surface area contributed by atoms with Crippen LogP contribution in [0.4, 0.5) is 0 Å². The molecule has 0 heterocycles. The molecule has 0 aliphatic rings. The van der Waals surface area contributed by atoms with E-state index in [0.717, 1.165) is 5.56 Å². The fourth-order valence-corrected chi connectivity index (χ4v) is 5.55. The Kier molecular flexibility index (Phi) is 10.7. The van der Waals surface area contributed by atoms with Gasteiger partial charge in [0.1, 0.15) is 6.04 Å². The summed E-state index contributed by atoms with van der Waals surface area (Å²) in [6.45, 7) is 6.63. The molecule has 2 amide bonds. The van der Waals surface area contributed by atoms with E-state index < -0.39 is 6.04 Å². The van der Waals surface area contributed by atoms with Crippen LogP contribution in [0, 0.1) is 13.8 Å². The first kappa shape index (κ1) is 28.1. The molecule has 36 heavy (non-hydrogen) atoms. The van der Waals surface area contributed by atoms with Gasteiger partial charge in [0.05, 0.1) is 5.75 Å². The fourth-order valence-electron chi connectivity index (χ4n) is 4.19. The topological polar surface area (TPSA) is 49.4 Å². The van der Waals surface area contributed by atoms with Crippen LogP contribution in [0.25, 0.3) is 0 Å². The van der Waals surface area contributed by atoms with Gasteiger partial charge in [-0.15, -0.1) is 11.8 Å². The van der Waals surface area contributed by atoms with Crippen molar-refractivity contribution in [1.29, 1.82) is 0 Å². The lowest BCUT2D eigenvalue weighted by molar-refractivity contribution is -0.139. The third-order valence-electron chi connectivity index (χ3n) is 5.79. The molecule has 0 aliphatic carbocycles. The molecule has 1 N–H and O–H groups in total. The molecule has 0 aromatic heterocycles. The molecule has 0 spiro atoms. The summed E-state index contributed by atoms with van der Waals surface area (Å²) in [6.07, 6.45) is 0.391. The number of thioether (sulfide) groups is 1. The third-order valence-corrected chi connectivity index (χ3v) is 7.48. The summed E-state index contributed by atoms with van der Waals surface area (Å²) < 4.78 is 0. The highest BCUT2D eigenvalue weighted by Gasteiger charge is 2.31. The number of hydrogen-bond acceptors (Lipinski definition) is 3. The van der Waals surface area contributed by atoms with E-state index in [0.29, 0.717) is 34.3 Å². The van der Waals surface area contributed by atoms with E-state index in [9.17, 15) is 9.59 Å². The number of halogens is 2. The second-order valence-corrected chi connectivity index (χ2v) is 10.6. The van der Waals surface area contributed by atoms with Crippen LogP contribution in [-0.4, -0.2) is 35.1 Å². The first-order chi connectivity index (χ1) is 17.3. The number of amides is 2. The quantitative estimate of drug-likeness (QED) is 0.296. The smallest absolute Gasteiger partial charge is 0.243 e. The minimum Gasteiger partial charge on any atom is -0.355 e. The molecule has 3 rings (SSSR count). The minimum atomic E-state index is -0.700. The van der Waals surface area contributed by atoms with Gasteiger partial charge in [-0.25, -0.2) is 0 Å². The van der Waals surface area contributed by atoms with Crippen molar-refractivity contribution in [3.63, 3.8) is 0 Å². The molecular weight excluding hydrogens is 511 g/mol. The van der Waals surface area contributed by atoms with Crippen LogP contribution in [0.3, 0.4) is 0 Å². The third kappa shape index (κ3) is 8.02. The number of hydrogen-bond donors (Lipinski definition) is 1. The average Bonchev–Trinajstić information content (AvgIpc) is 2.83. The monoisotopic (exact) mass is 542 g/mol. The predicted octanol–water partition coefficient (Wildman–Crippen LogP) is 6.62. The number of aryl methyl sites for hydroxylation is 2. The second-order valence-electron chi connectivity index (χ2n) is 8.81. The highest BCUT2D eigenvalue weighted by atomic mass is 35.5. The molecule has 3 aromatic carbocycles. The van der Waals surface area contributed by atoms with Gasteiger partial charge in [0, 0.05) is 40.9 Å². The van der Waals surface area contributed by atoms with E-state index in [4.69, 9.17) is 23.2 Å². The molecule has 0 fully saturated rings. The maximum atomic E-state index is 13.7. The summed E-state index contributed by atoms with van der Waals surface area (Å²) in [5.74, 6) is 0.615. The lowest BCUT2D eigenvalue weighted by atomic mass is 10.0. The van der Waals surface area contributed by atoms with Gasteiger partial charge in [-0.1, -0.05) is 88.9 Å². The first-order valence-corrected chi connectivity index (χ1v) is 13.9. The molecule has 0 radical (unpaired) electrons. The summed E-state index contributed by atoms with van der Waals surface area (Å²) in [5, 5.41) is 3.84. The Morgan fingerprint density at radius 1 is 0.917 bits per heavy atom. The molecule has 3 aromatic rings. The van der Waals surface area contributed by atoms with Crippen LogP contribution in [0.1, 0.15) is 34.7 Å². The van der Waals surface area contributed by atoms with Crippen LogP contribution in [0.15, 0.2) is 66.7 Å². The van der Waals surface area contributed by atoms with Crippen molar-refractivity contribution in [2.75, 3.05) is 12.3 Å². The Hall–Kier alpha value is -2.47. The normalized spacial score (nSPS) is 11.7. The molecule has 1 atom stereocenters. The van der Waals surface area contributed by atoms with Crippen molar-refractivity contribution in [3.8, 4) is 0 Å². The summed E-state index contributed by atoms with van der Waals surface area (Å²) in [7, 11) is 0. The van der Waals surface area contributed by atoms with Crippen molar-refractivity contribution in [2.45, 2.75) is 45.5 Å². The lowest BCUT2D eigenvalue weighted by Crippen LogP contribution is -2.51. The number of nitrogens with zero attached hydrogens (tertiary/aromatic N) is 1. The van der Waals surface area contributed by atoms with E-state index in [1.54, 1.807) is 23.1 Å². The van der Waals surface area contributed by atoms with Gasteiger partial charge in [-0.3, -0.25) is 9.59 Å². The van der Waals surface area contributed by atoms with E-state index in [1.165, 1.54) is 28.5 Å². The second kappa shape index (κ2) is 13.7. The number of carbonyl (C=O) groups excluding carboxylic acids is 2. The van der Waals surface area contributed by atoms with Gasteiger partial charge in [0.25, 0.3) is 0 Å². The molecule has 0 saturated heterocycles. The maximum Gasteiger partial charge on any atom is 0.243 e. The van der Waals surface area contributed by atoms with E-state index in [1.807, 2.05) is 37.3 Å². The van der Waals surface area contributed by atoms with Crippen molar-refractivity contribution in [2.24, 2.45) is 0 Å². The molecule has 0 bridgehead atoms. The van der Waals surface area contributed by atoms with E-state index >= 15 is 0 Å². The highest BCUT2D eigenvalue weighted by molar-refractivity contribution is 7.99.